The molecule has 134 valence electrons. The highest BCUT2D eigenvalue weighted by atomic mass is 35.5. The van der Waals surface area contributed by atoms with Crippen molar-refractivity contribution in [3.63, 3.8) is 0 Å². The minimum atomic E-state index is -0.421. The number of phenolic OH excluding ortho intramolecular Hbond substituents is 1. The molecule has 0 bridgehead atoms. The topological polar surface area (TPSA) is 75.1 Å². The van der Waals surface area contributed by atoms with Crippen LogP contribution in [0.5, 0.6) is 5.75 Å². The number of phenols is 1. The van der Waals surface area contributed by atoms with Crippen LogP contribution in [0, 0.1) is 5.82 Å². The van der Waals surface area contributed by atoms with Crippen LogP contribution in [0.25, 0.3) is 21.5 Å². The van der Waals surface area contributed by atoms with E-state index in [9.17, 15) is 14.3 Å². The third-order valence-electron chi connectivity index (χ3n) is 3.81. The third kappa shape index (κ3) is 3.47. The summed E-state index contributed by atoms with van der Waals surface area (Å²) in [6.07, 6.45) is 2.93. The van der Waals surface area contributed by atoms with E-state index < -0.39 is 5.91 Å². The van der Waals surface area contributed by atoms with Crippen molar-refractivity contribution < 1.29 is 14.3 Å². The van der Waals surface area contributed by atoms with Crippen molar-refractivity contribution in [3.8, 4) is 17.1 Å². The minimum absolute atomic E-state index is 0.115. The van der Waals surface area contributed by atoms with E-state index in [0.29, 0.717) is 27.2 Å². The molecule has 2 N–H and O–H groups in total. The van der Waals surface area contributed by atoms with Gasteiger partial charge in [0.15, 0.2) is 5.82 Å². The fourth-order valence-corrected chi connectivity index (χ4v) is 4.00. The first-order chi connectivity index (χ1) is 13.0. The van der Waals surface area contributed by atoms with Crippen molar-refractivity contribution in [2.75, 3.05) is 5.32 Å². The molecule has 0 aliphatic carbocycles. The Kier molecular flexibility index (Phi) is 4.47. The quantitative estimate of drug-likeness (QED) is 0.502. The van der Waals surface area contributed by atoms with E-state index in [0.717, 1.165) is 11.3 Å². The van der Waals surface area contributed by atoms with Gasteiger partial charge in [-0.1, -0.05) is 23.7 Å². The summed E-state index contributed by atoms with van der Waals surface area (Å²) in [6.45, 7) is 0. The number of fused-ring (bicyclic) bond motifs is 1. The number of nitrogens with zero attached hydrogens (tertiary/aromatic N) is 2. The zero-order valence-electron chi connectivity index (χ0n) is 13.6. The van der Waals surface area contributed by atoms with Gasteiger partial charge in [-0.2, -0.15) is 0 Å². The Morgan fingerprint density at radius 3 is 2.67 bits per heavy atom. The second-order valence-corrected chi connectivity index (χ2v) is 7.12. The molecule has 4 rings (SSSR count). The van der Waals surface area contributed by atoms with Gasteiger partial charge in [0.05, 0.1) is 23.1 Å². The lowest BCUT2D eigenvalue weighted by atomic mass is 10.2. The van der Waals surface area contributed by atoms with Crippen LogP contribution in [-0.2, 0) is 0 Å². The number of halogens is 2. The zero-order chi connectivity index (χ0) is 19.0. The molecule has 0 aliphatic heterocycles. The molecule has 2 aromatic heterocycles. The molecular formula is C19H11ClFN3O2S. The molecule has 2 heterocycles. The summed E-state index contributed by atoms with van der Waals surface area (Å²) in [5.74, 6) is -0.276. The van der Waals surface area contributed by atoms with Crippen molar-refractivity contribution >= 4 is 44.6 Å². The normalized spacial score (nSPS) is 10.9. The minimum Gasteiger partial charge on any atom is -0.508 e. The largest absolute Gasteiger partial charge is 0.508 e. The number of carbonyl (C=O) groups is 1. The zero-order valence-corrected chi connectivity index (χ0v) is 15.2. The average molecular weight is 400 g/mol. The van der Waals surface area contributed by atoms with Gasteiger partial charge in [0, 0.05) is 15.6 Å². The summed E-state index contributed by atoms with van der Waals surface area (Å²) >= 11 is 7.38. The Morgan fingerprint density at radius 1 is 1.15 bits per heavy atom. The Hall–Kier alpha value is -3.03. The van der Waals surface area contributed by atoms with E-state index in [-0.39, 0.29) is 21.5 Å². The summed E-state index contributed by atoms with van der Waals surface area (Å²) in [7, 11) is 0. The molecule has 0 spiro atoms. The highest BCUT2D eigenvalue weighted by Crippen LogP contribution is 2.36. The van der Waals surface area contributed by atoms with Crippen LogP contribution in [0.2, 0.25) is 5.02 Å². The standard InChI is InChI=1S/C19H11ClFN3O2S/c20-16-14-5-4-11(21)7-15(14)27-17(16)19(26)24-12-8-22-18(23-9-12)10-2-1-3-13(25)6-10/h1-9,25H,(H,24,26). The van der Waals surface area contributed by atoms with Crippen molar-refractivity contribution in [2.24, 2.45) is 0 Å². The van der Waals surface area contributed by atoms with Crippen LogP contribution in [0.15, 0.2) is 54.9 Å². The number of hydrogen-bond acceptors (Lipinski definition) is 5. The van der Waals surface area contributed by atoms with Gasteiger partial charge in [0.2, 0.25) is 0 Å². The summed E-state index contributed by atoms with van der Waals surface area (Å²) in [5, 5.41) is 13.1. The molecule has 0 radical (unpaired) electrons. The van der Waals surface area contributed by atoms with Crippen LogP contribution in [0.1, 0.15) is 9.67 Å². The second-order valence-electron chi connectivity index (χ2n) is 5.69. The third-order valence-corrected chi connectivity index (χ3v) is 5.47. The number of carbonyl (C=O) groups excluding carboxylic acids is 1. The smallest absolute Gasteiger partial charge is 0.267 e. The lowest BCUT2D eigenvalue weighted by molar-refractivity contribution is 0.103. The Bertz CT molecular complexity index is 1160. The molecule has 27 heavy (non-hydrogen) atoms. The van der Waals surface area contributed by atoms with Gasteiger partial charge in [0.25, 0.3) is 5.91 Å². The molecule has 8 heteroatoms. The maximum absolute atomic E-state index is 13.4. The molecule has 0 atom stereocenters. The van der Waals surface area contributed by atoms with E-state index >= 15 is 0 Å². The lowest BCUT2D eigenvalue weighted by Gasteiger charge is -2.05. The first-order valence-corrected chi connectivity index (χ1v) is 9.01. The van der Waals surface area contributed by atoms with E-state index in [1.807, 2.05) is 0 Å². The molecule has 4 aromatic rings. The number of thiophene rings is 1. The van der Waals surface area contributed by atoms with Gasteiger partial charge in [-0.05, 0) is 30.3 Å². The van der Waals surface area contributed by atoms with Crippen LogP contribution in [0.3, 0.4) is 0 Å². The van der Waals surface area contributed by atoms with Crippen LogP contribution in [-0.4, -0.2) is 21.0 Å². The first-order valence-electron chi connectivity index (χ1n) is 7.81. The van der Waals surface area contributed by atoms with Crippen LogP contribution < -0.4 is 5.32 Å². The SMILES string of the molecule is O=C(Nc1cnc(-c2cccc(O)c2)nc1)c1sc2cc(F)ccc2c1Cl. The summed E-state index contributed by atoms with van der Waals surface area (Å²) < 4.78 is 14.0. The number of anilines is 1. The number of benzene rings is 2. The first kappa shape index (κ1) is 17.4. The maximum Gasteiger partial charge on any atom is 0.267 e. The van der Waals surface area contributed by atoms with E-state index in [2.05, 4.69) is 15.3 Å². The highest BCUT2D eigenvalue weighted by molar-refractivity contribution is 7.21. The van der Waals surface area contributed by atoms with Gasteiger partial charge in [-0.15, -0.1) is 11.3 Å². The second kappa shape index (κ2) is 6.94. The number of hydrogen-bond donors (Lipinski definition) is 2. The number of rotatable bonds is 3. The number of aromatic hydroxyl groups is 1. The summed E-state index contributed by atoms with van der Waals surface area (Å²) in [4.78, 5) is 21.2. The van der Waals surface area contributed by atoms with E-state index in [4.69, 9.17) is 11.6 Å². The van der Waals surface area contributed by atoms with Crippen molar-refractivity contribution in [1.82, 2.24) is 9.97 Å². The number of nitrogens with one attached hydrogen (secondary N) is 1. The predicted octanol–water partition coefficient (Wildman–Crippen LogP) is 5.11. The van der Waals surface area contributed by atoms with Gasteiger partial charge in [-0.3, -0.25) is 4.79 Å². The summed E-state index contributed by atoms with van der Waals surface area (Å²) in [6, 6.07) is 10.8. The number of aromatic nitrogens is 2. The van der Waals surface area contributed by atoms with Crippen molar-refractivity contribution in [2.45, 2.75) is 0 Å². The molecule has 0 fully saturated rings. The molecule has 1 amide bonds. The number of amides is 1. The highest BCUT2D eigenvalue weighted by Gasteiger charge is 2.18. The van der Waals surface area contributed by atoms with Gasteiger partial charge in [0.1, 0.15) is 16.4 Å². The van der Waals surface area contributed by atoms with E-state index in [1.54, 1.807) is 30.3 Å². The molecule has 2 aromatic carbocycles. The Morgan fingerprint density at radius 2 is 1.93 bits per heavy atom. The predicted molar refractivity (Wildman–Crippen MR) is 104 cm³/mol. The molecular weight excluding hydrogens is 389 g/mol. The maximum atomic E-state index is 13.4. The monoisotopic (exact) mass is 399 g/mol. The van der Waals surface area contributed by atoms with Crippen molar-refractivity contribution in [1.29, 1.82) is 0 Å². The molecule has 0 saturated carbocycles. The lowest BCUT2D eigenvalue weighted by Crippen LogP contribution is -2.11. The van der Waals surface area contributed by atoms with Crippen molar-refractivity contribution in [3.05, 3.63) is 70.6 Å². The average Bonchev–Trinajstić information content (AvgIpc) is 2.98. The van der Waals surface area contributed by atoms with Gasteiger partial charge < -0.3 is 10.4 Å². The molecule has 0 saturated heterocycles. The fourth-order valence-electron chi connectivity index (χ4n) is 2.56. The molecule has 5 nitrogen and oxygen atoms in total. The summed E-state index contributed by atoms with van der Waals surface area (Å²) in [5.41, 5.74) is 1.05. The Balaban J connectivity index is 1.57. The van der Waals surface area contributed by atoms with Crippen LogP contribution in [0.4, 0.5) is 10.1 Å². The molecule has 0 unspecified atom stereocenters. The Labute approximate surface area is 162 Å². The van der Waals surface area contributed by atoms with Gasteiger partial charge >= 0.3 is 0 Å². The van der Waals surface area contributed by atoms with E-state index in [1.165, 1.54) is 24.5 Å². The van der Waals surface area contributed by atoms with Crippen LogP contribution >= 0.6 is 22.9 Å². The van der Waals surface area contributed by atoms with Gasteiger partial charge in [-0.25, -0.2) is 14.4 Å². The fraction of sp³-hybridized carbons (Fsp3) is 0. The molecule has 0 aliphatic rings.